The number of hydrogen-bond donors (Lipinski definition) is 2. The van der Waals surface area contributed by atoms with Gasteiger partial charge in [0.05, 0.1) is 12.2 Å². The van der Waals surface area contributed by atoms with Crippen molar-refractivity contribution in [2.24, 2.45) is 5.73 Å². The number of nitrogens with one attached hydrogen (secondary N) is 1. The summed E-state index contributed by atoms with van der Waals surface area (Å²) in [6.07, 6.45) is 0.859. The Morgan fingerprint density at radius 2 is 2.21 bits per heavy atom. The summed E-state index contributed by atoms with van der Waals surface area (Å²) >= 11 is 0. The molecule has 0 bridgehead atoms. The van der Waals surface area contributed by atoms with E-state index in [4.69, 9.17) is 5.73 Å². The van der Waals surface area contributed by atoms with Crippen LogP contribution in [0.2, 0.25) is 0 Å². The number of carbonyl (C=O) groups excluding carboxylic acids is 1. The smallest absolute Gasteiger partial charge is 0.238 e. The van der Waals surface area contributed by atoms with Crippen molar-refractivity contribution in [2.45, 2.75) is 12.5 Å². The Labute approximate surface area is 116 Å². The summed E-state index contributed by atoms with van der Waals surface area (Å²) in [5.41, 5.74) is 5.71. The normalized spacial score (nSPS) is 19.0. The van der Waals surface area contributed by atoms with E-state index in [0.717, 1.165) is 25.1 Å². The second-order valence-corrected chi connectivity index (χ2v) is 4.46. The lowest BCUT2D eigenvalue weighted by molar-refractivity contribution is -0.117. The molecule has 3 N–H and O–H groups in total. The minimum atomic E-state index is -0.776. The zero-order valence-electron chi connectivity index (χ0n) is 10.2. The van der Waals surface area contributed by atoms with Gasteiger partial charge in [-0.15, -0.1) is 12.4 Å². The maximum Gasteiger partial charge on any atom is 0.238 e. The fourth-order valence-electron chi connectivity index (χ4n) is 1.99. The van der Waals surface area contributed by atoms with Crippen LogP contribution in [-0.2, 0) is 4.79 Å². The Morgan fingerprint density at radius 1 is 1.47 bits per heavy atom. The largest absolute Gasteiger partial charge is 0.326 e. The monoisotopic (exact) mass is 291 g/mol. The molecule has 0 aromatic heterocycles. The van der Waals surface area contributed by atoms with Crippen LogP contribution in [0.1, 0.15) is 6.42 Å². The highest BCUT2D eigenvalue weighted by Crippen LogP contribution is 2.15. The highest BCUT2D eigenvalue weighted by molar-refractivity contribution is 5.92. The summed E-state index contributed by atoms with van der Waals surface area (Å²) in [7, 11) is 0. The van der Waals surface area contributed by atoms with Gasteiger partial charge in [0.25, 0.3) is 0 Å². The third kappa shape index (κ3) is 4.41. The lowest BCUT2D eigenvalue weighted by Crippen LogP contribution is -2.33. The molecule has 0 aliphatic carbocycles. The van der Waals surface area contributed by atoms with E-state index in [1.807, 2.05) is 4.90 Å². The van der Waals surface area contributed by atoms with Gasteiger partial charge >= 0.3 is 0 Å². The number of carbonyl (C=O) groups is 1. The van der Waals surface area contributed by atoms with E-state index in [-0.39, 0.29) is 36.6 Å². The van der Waals surface area contributed by atoms with Gasteiger partial charge in [-0.3, -0.25) is 9.69 Å². The van der Waals surface area contributed by atoms with E-state index >= 15 is 0 Å². The molecule has 1 aliphatic heterocycles. The number of anilines is 1. The molecule has 7 heteroatoms. The zero-order valence-corrected chi connectivity index (χ0v) is 11.1. The maximum absolute atomic E-state index is 13.3. The molecule has 0 saturated carbocycles. The number of halogens is 3. The minimum absolute atomic E-state index is 0. The molecular formula is C12H16ClF2N3O. The summed E-state index contributed by atoms with van der Waals surface area (Å²) in [4.78, 5) is 13.6. The van der Waals surface area contributed by atoms with E-state index in [1.165, 1.54) is 6.07 Å². The van der Waals surface area contributed by atoms with Crippen LogP contribution in [0.3, 0.4) is 0 Å². The zero-order chi connectivity index (χ0) is 13.1. The first kappa shape index (κ1) is 15.8. The van der Waals surface area contributed by atoms with E-state index in [1.54, 1.807) is 0 Å². The Hall–Kier alpha value is -1.24. The van der Waals surface area contributed by atoms with Crippen molar-refractivity contribution in [1.82, 2.24) is 4.90 Å². The van der Waals surface area contributed by atoms with E-state index in [0.29, 0.717) is 6.54 Å². The number of benzene rings is 1. The van der Waals surface area contributed by atoms with Crippen molar-refractivity contribution in [1.29, 1.82) is 0 Å². The van der Waals surface area contributed by atoms with Crippen molar-refractivity contribution < 1.29 is 13.6 Å². The number of amides is 1. The van der Waals surface area contributed by atoms with Gasteiger partial charge in [-0.2, -0.15) is 0 Å². The van der Waals surface area contributed by atoms with Gasteiger partial charge in [0, 0.05) is 25.2 Å². The van der Waals surface area contributed by atoms with Gasteiger partial charge in [-0.1, -0.05) is 0 Å². The van der Waals surface area contributed by atoms with E-state index in [2.05, 4.69) is 5.32 Å². The van der Waals surface area contributed by atoms with Crippen molar-refractivity contribution in [3.8, 4) is 0 Å². The Kier molecular flexibility index (Phi) is 5.65. The third-order valence-corrected chi connectivity index (χ3v) is 2.88. The third-order valence-electron chi connectivity index (χ3n) is 2.88. The first-order chi connectivity index (χ1) is 8.54. The molecule has 1 heterocycles. The van der Waals surface area contributed by atoms with Crippen LogP contribution in [0, 0.1) is 11.6 Å². The number of hydrogen-bond acceptors (Lipinski definition) is 3. The Bertz CT molecular complexity index is 459. The molecule has 1 aliphatic rings. The van der Waals surface area contributed by atoms with Crippen molar-refractivity contribution >= 4 is 24.0 Å². The first-order valence-corrected chi connectivity index (χ1v) is 5.77. The molecule has 1 amide bonds. The number of likely N-dealkylation sites (tertiary alicyclic amines) is 1. The Morgan fingerprint density at radius 3 is 2.79 bits per heavy atom. The molecule has 2 rings (SSSR count). The number of rotatable bonds is 3. The van der Waals surface area contributed by atoms with E-state index < -0.39 is 11.6 Å². The molecule has 106 valence electrons. The lowest BCUT2D eigenvalue weighted by atomic mass is 10.3. The van der Waals surface area contributed by atoms with Crippen LogP contribution < -0.4 is 11.1 Å². The number of nitrogens with two attached hydrogens (primary N) is 1. The topological polar surface area (TPSA) is 58.4 Å². The van der Waals surface area contributed by atoms with Gasteiger partial charge in [-0.25, -0.2) is 8.78 Å². The standard InChI is InChI=1S/C12H15F2N3O.ClH/c13-8-1-2-11(10(14)5-8)16-12(18)7-17-4-3-9(15)6-17;/h1-2,5,9H,3-4,6-7,15H2,(H,16,18);1H. The van der Waals surface area contributed by atoms with Crippen molar-refractivity contribution in [3.63, 3.8) is 0 Å². The second kappa shape index (κ2) is 6.79. The van der Waals surface area contributed by atoms with Crippen LogP contribution in [0.5, 0.6) is 0 Å². The summed E-state index contributed by atoms with van der Waals surface area (Å²) in [5, 5.41) is 2.42. The summed E-state index contributed by atoms with van der Waals surface area (Å²) in [6, 6.07) is 3.14. The molecule has 19 heavy (non-hydrogen) atoms. The predicted octanol–water partition coefficient (Wildman–Crippen LogP) is 1.36. The molecular weight excluding hydrogens is 276 g/mol. The quantitative estimate of drug-likeness (QED) is 0.884. The SMILES string of the molecule is Cl.NC1CCN(CC(=O)Nc2ccc(F)cc2F)C1. The molecule has 1 saturated heterocycles. The average molecular weight is 292 g/mol. The summed E-state index contributed by atoms with van der Waals surface area (Å²) < 4.78 is 26.0. The van der Waals surface area contributed by atoms with Gasteiger partial charge in [0.1, 0.15) is 11.6 Å². The van der Waals surface area contributed by atoms with Gasteiger partial charge in [-0.05, 0) is 18.6 Å². The Balaban J connectivity index is 0.00000180. The molecule has 0 radical (unpaired) electrons. The fourth-order valence-corrected chi connectivity index (χ4v) is 1.99. The summed E-state index contributed by atoms with van der Waals surface area (Å²) in [6.45, 7) is 1.60. The van der Waals surface area contributed by atoms with Gasteiger partial charge in [0.2, 0.25) is 5.91 Å². The highest BCUT2D eigenvalue weighted by Gasteiger charge is 2.21. The van der Waals surface area contributed by atoms with Crippen LogP contribution in [-0.4, -0.2) is 36.5 Å². The van der Waals surface area contributed by atoms with Crippen LogP contribution >= 0.6 is 12.4 Å². The van der Waals surface area contributed by atoms with Gasteiger partial charge in [0.15, 0.2) is 0 Å². The molecule has 0 spiro atoms. The fraction of sp³-hybridized carbons (Fsp3) is 0.417. The number of nitrogens with zero attached hydrogens (tertiary/aromatic N) is 1. The molecule has 1 aromatic rings. The molecule has 1 unspecified atom stereocenters. The minimum Gasteiger partial charge on any atom is -0.326 e. The second-order valence-electron chi connectivity index (χ2n) is 4.46. The predicted molar refractivity (Wildman–Crippen MR) is 71.3 cm³/mol. The molecule has 4 nitrogen and oxygen atoms in total. The highest BCUT2D eigenvalue weighted by atomic mass is 35.5. The van der Waals surface area contributed by atoms with Crippen LogP contribution in [0.4, 0.5) is 14.5 Å². The summed E-state index contributed by atoms with van der Waals surface area (Å²) in [5.74, 6) is -1.77. The average Bonchev–Trinajstić information content (AvgIpc) is 2.68. The first-order valence-electron chi connectivity index (χ1n) is 5.77. The van der Waals surface area contributed by atoms with Crippen LogP contribution in [0.15, 0.2) is 18.2 Å². The molecule has 1 fully saturated rings. The van der Waals surface area contributed by atoms with E-state index in [9.17, 15) is 13.6 Å². The van der Waals surface area contributed by atoms with Crippen molar-refractivity contribution in [3.05, 3.63) is 29.8 Å². The maximum atomic E-state index is 13.3. The van der Waals surface area contributed by atoms with Gasteiger partial charge < -0.3 is 11.1 Å². The molecule has 1 atom stereocenters. The lowest BCUT2D eigenvalue weighted by Gasteiger charge is -2.14. The molecule has 1 aromatic carbocycles. The van der Waals surface area contributed by atoms with Crippen LogP contribution in [0.25, 0.3) is 0 Å². The van der Waals surface area contributed by atoms with Crippen molar-refractivity contribution in [2.75, 3.05) is 25.0 Å².